The molecule has 0 aromatic heterocycles. The fraction of sp³-hybridized carbons (Fsp3) is 0.889. The summed E-state index contributed by atoms with van der Waals surface area (Å²) < 4.78 is -0.139. The normalized spacial score (nSPS) is 23.1. The fourth-order valence-corrected chi connectivity index (χ4v) is 2.55. The summed E-state index contributed by atoms with van der Waals surface area (Å²) in [5.74, 6) is 0.386. The van der Waals surface area contributed by atoms with Crippen LogP contribution in [0.15, 0.2) is 0 Å². The lowest BCUT2D eigenvalue weighted by atomic mass is 9.85. The van der Waals surface area contributed by atoms with Gasteiger partial charge >= 0.3 is 0 Å². The number of hydrogen-bond acceptors (Lipinski definition) is 1. The molecule has 1 rings (SSSR count). The average molecular weight is 219 g/mol. The third-order valence-electron chi connectivity index (χ3n) is 2.47. The third-order valence-corrected chi connectivity index (χ3v) is 3.70. The molecule has 0 atom stereocenters. The second kappa shape index (κ2) is 3.70. The molecule has 11 heavy (non-hydrogen) atoms. The summed E-state index contributed by atoms with van der Waals surface area (Å²) in [4.78, 5) is 11.4. The van der Waals surface area contributed by atoms with Gasteiger partial charge < -0.3 is 0 Å². The van der Waals surface area contributed by atoms with Crippen molar-refractivity contribution in [3.8, 4) is 0 Å². The summed E-state index contributed by atoms with van der Waals surface area (Å²) in [6.45, 7) is 1.94. The molecular weight excluding hydrogens is 204 g/mol. The Morgan fingerprint density at radius 2 is 1.91 bits per heavy atom. The number of alkyl halides is 1. The van der Waals surface area contributed by atoms with Crippen LogP contribution in [0.5, 0.6) is 0 Å². The van der Waals surface area contributed by atoms with Crippen molar-refractivity contribution in [2.45, 2.75) is 49.8 Å². The van der Waals surface area contributed by atoms with E-state index < -0.39 is 0 Å². The van der Waals surface area contributed by atoms with E-state index in [-0.39, 0.29) is 4.32 Å². The van der Waals surface area contributed by atoms with E-state index in [9.17, 15) is 4.79 Å². The lowest BCUT2D eigenvalue weighted by molar-refractivity contribution is -0.121. The lowest BCUT2D eigenvalue weighted by Crippen LogP contribution is -2.33. The molecule has 0 aliphatic heterocycles. The first kappa shape index (κ1) is 9.24. The van der Waals surface area contributed by atoms with Gasteiger partial charge in [0, 0.05) is 6.42 Å². The highest BCUT2D eigenvalue weighted by Gasteiger charge is 2.34. The maximum absolute atomic E-state index is 11.4. The quantitative estimate of drug-likeness (QED) is 0.652. The highest BCUT2D eigenvalue weighted by Crippen LogP contribution is 2.37. The number of hydrogen-bond donors (Lipinski definition) is 0. The number of ketones is 1. The van der Waals surface area contributed by atoms with Crippen LogP contribution in [-0.4, -0.2) is 10.1 Å². The highest BCUT2D eigenvalue weighted by atomic mass is 79.9. The van der Waals surface area contributed by atoms with E-state index in [1.807, 2.05) is 6.92 Å². The zero-order chi connectivity index (χ0) is 8.32. The molecule has 0 aromatic carbocycles. The summed E-state index contributed by atoms with van der Waals surface area (Å²) in [5.41, 5.74) is 0. The van der Waals surface area contributed by atoms with Crippen molar-refractivity contribution in [1.82, 2.24) is 0 Å². The minimum absolute atomic E-state index is 0.139. The molecule has 1 nitrogen and oxygen atoms in total. The number of carbonyl (C=O) groups is 1. The average Bonchev–Trinajstić information content (AvgIpc) is 2.04. The molecule has 0 saturated heterocycles. The maximum Gasteiger partial charge on any atom is 0.149 e. The van der Waals surface area contributed by atoms with Gasteiger partial charge in [0.05, 0.1) is 4.32 Å². The molecule has 0 radical (unpaired) electrons. The largest absolute Gasteiger partial charge is 0.298 e. The van der Waals surface area contributed by atoms with Crippen LogP contribution >= 0.6 is 15.9 Å². The Kier molecular flexibility index (Phi) is 3.11. The zero-order valence-electron chi connectivity index (χ0n) is 7.03. The number of Topliss-reactive ketones (excluding diaryl/α,β-unsaturated/α-hetero) is 1. The third kappa shape index (κ3) is 2.05. The summed E-state index contributed by atoms with van der Waals surface area (Å²) in [7, 11) is 0. The Morgan fingerprint density at radius 3 is 2.36 bits per heavy atom. The van der Waals surface area contributed by atoms with Gasteiger partial charge in [0.2, 0.25) is 0 Å². The molecule has 1 aliphatic rings. The van der Waals surface area contributed by atoms with Gasteiger partial charge in [-0.05, 0) is 12.8 Å². The smallest absolute Gasteiger partial charge is 0.149 e. The van der Waals surface area contributed by atoms with Crippen molar-refractivity contribution in [1.29, 1.82) is 0 Å². The van der Waals surface area contributed by atoms with Crippen LogP contribution in [0.2, 0.25) is 0 Å². The topological polar surface area (TPSA) is 17.1 Å². The summed E-state index contributed by atoms with van der Waals surface area (Å²) in [6, 6.07) is 0. The number of halogens is 1. The van der Waals surface area contributed by atoms with Crippen LogP contribution in [0.4, 0.5) is 0 Å². The molecule has 0 amide bonds. The number of carbonyl (C=O) groups excluding carboxylic acids is 1. The predicted molar refractivity (Wildman–Crippen MR) is 50.0 cm³/mol. The molecular formula is C9H15BrO. The second-order valence-corrected chi connectivity index (χ2v) is 4.82. The van der Waals surface area contributed by atoms with Gasteiger partial charge in [-0.25, -0.2) is 0 Å². The van der Waals surface area contributed by atoms with Crippen molar-refractivity contribution >= 4 is 21.7 Å². The van der Waals surface area contributed by atoms with E-state index in [2.05, 4.69) is 15.9 Å². The van der Waals surface area contributed by atoms with Gasteiger partial charge in [0.25, 0.3) is 0 Å². The van der Waals surface area contributed by atoms with E-state index >= 15 is 0 Å². The number of rotatable bonds is 2. The fourth-order valence-electron chi connectivity index (χ4n) is 1.71. The van der Waals surface area contributed by atoms with Gasteiger partial charge in [-0.1, -0.05) is 42.1 Å². The molecule has 0 unspecified atom stereocenters. The minimum atomic E-state index is -0.139. The van der Waals surface area contributed by atoms with Crippen molar-refractivity contribution < 1.29 is 4.79 Å². The van der Waals surface area contributed by atoms with Crippen molar-refractivity contribution in [2.75, 3.05) is 0 Å². The van der Waals surface area contributed by atoms with E-state index in [1.54, 1.807) is 0 Å². The molecule has 0 heterocycles. The molecule has 0 bridgehead atoms. The SMILES string of the molecule is CCC(=O)C1(Br)CCCCC1. The first-order valence-electron chi connectivity index (χ1n) is 4.41. The van der Waals surface area contributed by atoms with E-state index in [0.717, 1.165) is 12.8 Å². The molecule has 64 valence electrons. The van der Waals surface area contributed by atoms with E-state index in [4.69, 9.17) is 0 Å². The highest BCUT2D eigenvalue weighted by molar-refractivity contribution is 9.10. The summed E-state index contributed by atoms with van der Waals surface area (Å²) in [5, 5.41) is 0. The Labute approximate surface area is 76.7 Å². The van der Waals surface area contributed by atoms with Gasteiger partial charge in [0.1, 0.15) is 5.78 Å². The maximum atomic E-state index is 11.4. The Morgan fingerprint density at radius 1 is 1.36 bits per heavy atom. The van der Waals surface area contributed by atoms with Crippen LogP contribution in [0.25, 0.3) is 0 Å². The van der Waals surface area contributed by atoms with Crippen molar-refractivity contribution in [3.63, 3.8) is 0 Å². The van der Waals surface area contributed by atoms with Gasteiger partial charge in [-0.15, -0.1) is 0 Å². The van der Waals surface area contributed by atoms with Crippen molar-refractivity contribution in [3.05, 3.63) is 0 Å². The van der Waals surface area contributed by atoms with E-state index in [1.165, 1.54) is 19.3 Å². The molecule has 1 saturated carbocycles. The van der Waals surface area contributed by atoms with Crippen LogP contribution in [-0.2, 0) is 4.79 Å². The standard InChI is InChI=1S/C9H15BrO/c1-2-8(11)9(10)6-4-3-5-7-9/h2-7H2,1H3. The molecule has 1 fully saturated rings. The predicted octanol–water partition coefficient (Wildman–Crippen LogP) is 3.06. The van der Waals surface area contributed by atoms with E-state index in [0.29, 0.717) is 12.2 Å². The molecule has 1 aliphatic carbocycles. The summed E-state index contributed by atoms with van der Waals surface area (Å²) >= 11 is 3.57. The van der Waals surface area contributed by atoms with Crippen LogP contribution in [0.3, 0.4) is 0 Å². The Balaban J connectivity index is 2.56. The van der Waals surface area contributed by atoms with Crippen LogP contribution in [0.1, 0.15) is 45.4 Å². The summed E-state index contributed by atoms with van der Waals surface area (Å²) in [6.07, 6.45) is 6.46. The molecule has 2 heteroatoms. The zero-order valence-corrected chi connectivity index (χ0v) is 8.61. The monoisotopic (exact) mass is 218 g/mol. The second-order valence-electron chi connectivity index (χ2n) is 3.30. The van der Waals surface area contributed by atoms with Crippen LogP contribution in [0, 0.1) is 0 Å². The first-order valence-corrected chi connectivity index (χ1v) is 5.20. The van der Waals surface area contributed by atoms with Gasteiger partial charge in [-0.3, -0.25) is 4.79 Å². The Bertz CT molecular complexity index is 148. The van der Waals surface area contributed by atoms with Crippen molar-refractivity contribution in [2.24, 2.45) is 0 Å². The minimum Gasteiger partial charge on any atom is -0.298 e. The first-order chi connectivity index (χ1) is 5.19. The van der Waals surface area contributed by atoms with Gasteiger partial charge in [0.15, 0.2) is 0 Å². The molecule has 0 N–H and O–H groups in total. The molecule has 0 aromatic rings. The van der Waals surface area contributed by atoms with Crippen LogP contribution < -0.4 is 0 Å². The lowest BCUT2D eigenvalue weighted by Gasteiger charge is -2.29. The van der Waals surface area contributed by atoms with Gasteiger partial charge in [-0.2, -0.15) is 0 Å². The molecule has 0 spiro atoms. The Hall–Kier alpha value is 0.150.